The number of rotatable bonds is 2. The fraction of sp³-hybridized carbons (Fsp3) is 0.300. The van der Waals surface area contributed by atoms with Crippen molar-refractivity contribution in [1.29, 1.82) is 0 Å². The molecule has 2 rings (SSSR count). The number of hydrogen-bond acceptors (Lipinski definition) is 1. The molecule has 86 valence electrons. The predicted molar refractivity (Wildman–Crippen MR) is 67.5 cm³/mol. The fourth-order valence-electron chi connectivity index (χ4n) is 1.80. The zero-order valence-corrected chi connectivity index (χ0v) is 11.6. The first kappa shape index (κ1) is 12.5. The van der Waals surface area contributed by atoms with Crippen LogP contribution in [-0.4, -0.2) is 15.4 Å². The topological polar surface area (TPSA) is 37.3 Å². The van der Waals surface area contributed by atoms with Crippen molar-refractivity contribution in [2.24, 2.45) is 5.92 Å². The summed E-state index contributed by atoms with van der Waals surface area (Å²) in [6.07, 6.45) is 0. The lowest BCUT2D eigenvalue weighted by Crippen LogP contribution is -2.03. The van der Waals surface area contributed by atoms with Crippen LogP contribution in [0.25, 0.3) is 0 Å². The standard InChI is InChI=1S/C10H6BrCl3O2/c11-5-1-4(2-6(12)3-5)7-8(9(15)16)10(7,13)14/h1-3,7-8H,(H,15,16). The van der Waals surface area contributed by atoms with Gasteiger partial charge in [0.25, 0.3) is 0 Å². The quantitative estimate of drug-likeness (QED) is 0.821. The van der Waals surface area contributed by atoms with Crippen LogP contribution in [0.1, 0.15) is 11.5 Å². The van der Waals surface area contributed by atoms with Crippen molar-refractivity contribution in [3.8, 4) is 0 Å². The van der Waals surface area contributed by atoms with Gasteiger partial charge in [-0.3, -0.25) is 4.79 Å². The van der Waals surface area contributed by atoms with Crippen molar-refractivity contribution < 1.29 is 9.90 Å². The monoisotopic (exact) mass is 342 g/mol. The van der Waals surface area contributed by atoms with Gasteiger partial charge in [0.2, 0.25) is 0 Å². The van der Waals surface area contributed by atoms with E-state index in [9.17, 15) is 4.79 Å². The maximum absolute atomic E-state index is 10.9. The first-order chi connectivity index (χ1) is 7.34. The average molecular weight is 344 g/mol. The van der Waals surface area contributed by atoms with E-state index in [1.54, 1.807) is 18.2 Å². The summed E-state index contributed by atoms with van der Waals surface area (Å²) in [5.74, 6) is -2.18. The van der Waals surface area contributed by atoms with Crippen LogP contribution < -0.4 is 0 Å². The Kier molecular flexibility index (Phi) is 3.17. The molecule has 2 nitrogen and oxygen atoms in total. The molecule has 1 fully saturated rings. The van der Waals surface area contributed by atoms with Crippen LogP contribution in [0.4, 0.5) is 0 Å². The molecule has 1 aromatic rings. The molecule has 1 aliphatic carbocycles. The maximum Gasteiger partial charge on any atom is 0.310 e. The molecule has 0 aliphatic heterocycles. The van der Waals surface area contributed by atoms with Gasteiger partial charge in [-0.25, -0.2) is 0 Å². The minimum Gasteiger partial charge on any atom is -0.481 e. The van der Waals surface area contributed by atoms with Gasteiger partial charge < -0.3 is 5.11 Å². The Balaban J connectivity index is 2.37. The van der Waals surface area contributed by atoms with Gasteiger partial charge in [-0.15, -0.1) is 0 Å². The van der Waals surface area contributed by atoms with E-state index in [1.165, 1.54) is 0 Å². The number of carbonyl (C=O) groups is 1. The van der Waals surface area contributed by atoms with Gasteiger partial charge in [0, 0.05) is 15.4 Å². The molecule has 1 aromatic carbocycles. The minimum absolute atomic E-state index is 0.414. The number of aliphatic carboxylic acids is 1. The van der Waals surface area contributed by atoms with Crippen molar-refractivity contribution in [3.05, 3.63) is 33.3 Å². The highest BCUT2D eigenvalue weighted by Gasteiger charge is 2.68. The molecular formula is C10H6BrCl3O2. The molecule has 1 aliphatic rings. The number of benzene rings is 1. The molecule has 2 unspecified atom stereocenters. The van der Waals surface area contributed by atoms with E-state index in [0.29, 0.717) is 5.02 Å². The summed E-state index contributed by atoms with van der Waals surface area (Å²) in [5.41, 5.74) is 0.733. The van der Waals surface area contributed by atoms with E-state index >= 15 is 0 Å². The van der Waals surface area contributed by atoms with Crippen LogP contribution in [0.5, 0.6) is 0 Å². The van der Waals surface area contributed by atoms with Gasteiger partial charge in [-0.05, 0) is 23.8 Å². The molecule has 1 N–H and O–H groups in total. The van der Waals surface area contributed by atoms with Gasteiger partial charge in [0.05, 0.1) is 5.92 Å². The second-order valence-corrected chi connectivity index (χ2v) is 6.47. The van der Waals surface area contributed by atoms with Crippen molar-refractivity contribution in [3.63, 3.8) is 0 Å². The second kappa shape index (κ2) is 4.05. The Hall–Kier alpha value is 0.0400. The summed E-state index contributed by atoms with van der Waals surface area (Å²) in [6, 6.07) is 5.17. The fourth-order valence-corrected chi connectivity index (χ4v) is 3.51. The number of alkyl halides is 2. The molecule has 0 spiro atoms. The van der Waals surface area contributed by atoms with Gasteiger partial charge in [-0.1, -0.05) is 50.7 Å². The van der Waals surface area contributed by atoms with Gasteiger partial charge in [0.1, 0.15) is 4.33 Å². The molecule has 6 heteroatoms. The molecule has 0 heterocycles. The van der Waals surface area contributed by atoms with E-state index in [4.69, 9.17) is 39.9 Å². The van der Waals surface area contributed by atoms with E-state index in [1.807, 2.05) is 0 Å². The third kappa shape index (κ3) is 2.06. The smallest absolute Gasteiger partial charge is 0.310 e. The van der Waals surface area contributed by atoms with Crippen LogP contribution in [0.15, 0.2) is 22.7 Å². The van der Waals surface area contributed by atoms with Gasteiger partial charge in [-0.2, -0.15) is 0 Å². The Morgan fingerprint density at radius 1 is 1.38 bits per heavy atom. The summed E-state index contributed by atoms with van der Waals surface area (Å²) in [6.45, 7) is 0. The molecule has 2 atom stereocenters. The van der Waals surface area contributed by atoms with Gasteiger partial charge in [0.15, 0.2) is 0 Å². The molecule has 16 heavy (non-hydrogen) atoms. The van der Waals surface area contributed by atoms with Crippen molar-refractivity contribution >= 4 is 56.7 Å². The number of halogens is 4. The molecule has 1 saturated carbocycles. The van der Waals surface area contributed by atoms with E-state index < -0.39 is 22.1 Å². The lowest BCUT2D eigenvalue weighted by molar-refractivity contribution is -0.138. The highest BCUT2D eigenvalue weighted by Crippen LogP contribution is 2.65. The number of carboxylic acid groups (broad SMARTS) is 1. The first-order valence-electron chi connectivity index (χ1n) is 4.40. The molecule has 0 bridgehead atoms. The Bertz CT molecular complexity index is 441. The zero-order chi connectivity index (χ0) is 12.1. The van der Waals surface area contributed by atoms with Crippen LogP contribution in [0.3, 0.4) is 0 Å². The van der Waals surface area contributed by atoms with E-state index in [-0.39, 0.29) is 0 Å². The van der Waals surface area contributed by atoms with Crippen molar-refractivity contribution in [1.82, 2.24) is 0 Å². The minimum atomic E-state index is -1.24. The first-order valence-corrected chi connectivity index (χ1v) is 6.33. The zero-order valence-electron chi connectivity index (χ0n) is 7.75. The molecule has 0 aromatic heterocycles. The highest BCUT2D eigenvalue weighted by atomic mass is 79.9. The lowest BCUT2D eigenvalue weighted by atomic mass is 10.1. The predicted octanol–water partition coefficient (Wildman–Crippen LogP) is 4.07. The van der Waals surface area contributed by atoms with Crippen LogP contribution in [0.2, 0.25) is 5.02 Å². The lowest BCUT2D eigenvalue weighted by Gasteiger charge is -2.02. The Labute approximate surface area is 116 Å². The van der Waals surface area contributed by atoms with Crippen molar-refractivity contribution in [2.45, 2.75) is 10.3 Å². The summed E-state index contributed by atoms with van der Waals surface area (Å²) in [7, 11) is 0. The number of hydrogen-bond donors (Lipinski definition) is 1. The SMILES string of the molecule is O=C(O)C1C(c2cc(Cl)cc(Br)c2)C1(Cl)Cl. The van der Waals surface area contributed by atoms with E-state index in [2.05, 4.69) is 15.9 Å². The van der Waals surface area contributed by atoms with E-state index in [0.717, 1.165) is 10.0 Å². The van der Waals surface area contributed by atoms with Crippen LogP contribution >= 0.6 is 50.7 Å². The van der Waals surface area contributed by atoms with Gasteiger partial charge >= 0.3 is 5.97 Å². The third-order valence-corrected chi connectivity index (χ3v) is 4.18. The largest absolute Gasteiger partial charge is 0.481 e. The number of carboxylic acids is 1. The summed E-state index contributed by atoms with van der Waals surface area (Å²) in [5, 5.41) is 9.46. The van der Waals surface area contributed by atoms with Crippen molar-refractivity contribution in [2.75, 3.05) is 0 Å². The summed E-state index contributed by atoms with van der Waals surface area (Å²) >= 11 is 21.0. The summed E-state index contributed by atoms with van der Waals surface area (Å²) in [4.78, 5) is 10.9. The third-order valence-electron chi connectivity index (χ3n) is 2.56. The Morgan fingerprint density at radius 2 is 2.00 bits per heavy atom. The second-order valence-electron chi connectivity index (χ2n) is 3.67. The van der Waals surface area contributed by atoms with Crippen LogP contribution in [0, 0.1) is 5.92 Å². The molecular weight excluding hydrogens is 338 g/mol. The maximum atomic E-state index is 10.9. The normalized spacial score (nSPS) is 26.5. The Morgan fingerprint density at radius 3 is 2.44 bits per heavy atom. The average Bonchev–Trinajstić information content (AvgIpc) is 2.67. The summed E-state index contributed by atoms with van der Waals surface area (Å²) < 4.78 is -0.467. The molecule has 0 saturated heterocycles. The highest BCUT2D eigenvalue weighted by molar-refractivity contribution is 9.10. The van der Waals surface area contributed by atoms with Crippen LogP contribution in [-0.2, 0) is 4.79 Å². The molecule has 0 radical (unpaired) electrons. The molecule has 0 amide bonds.